The summed E-state index contributed by atoms with van der Waals surface area (Å²) in [5.74, 6) is -0.0591. The molecule has 6 heteroatoms. The largest absolute Gasteiger partial charge is 0.329 e. The number of rotatable bonds is 7. The van der Waals surface area contributed by atoms with Gasteiger partial charge in [0, 0.05) is 19.0 Å². The molecule has 1 N–H and O–H groups in total. The van der Waals surface area contributed by atoms with Gasteiger partial charge in [-0.05, 0) is 18.4 Å². The van der Waals surface area contributed by atoms with Gasteiger partial charge in [0.25, 0.3) is 0 Å². The third kappa shape index (κ3) is 5.04. The average Bonchev–Trinajstić information content (AvgIpc) is 2.54. The molecular formula is C18H24N2O3S. The van der Waals surface area contributed by atoms with E-state index in [2.05, 4.69) is 17.4 Å². The van der Waals surface area contributed by atoms with Gasteiger partial charge in [0.05, 0.1) is 12.3 Å². The van der Waals surface area contributed by atoms with Crippen LogP contribution in [-0.2, 0) is 14.8 Å². The van der Waals surface area contributed by atoms with Crippen LogP contribution in [-0.4, -0.2) is 38.1 Å². The zero-order valence-corrected chi connectivity index (χ0v) is 14.7. The van der Waals surface area contributed by atoms with Crippen molar-refractivity contribution < 1.29 is 13.2 Å². The van der Waals surface area contributed by atoms with Crippen molar-refractivity contribution in [2.24, 2.45) is 0 Å². The Morgan fingerprint density at radius 1 is 1.38 bits per heavy atom. The number of hydrogen-bond acceptors (Lipinski definition) is 3. The molecule has 0 aromatic heterocycles. The molecule has 0 saturated carbocycles. The number of nitrogens with zero attached hydrogens (tertiary/aromatic N) is 1. The Bertz CT molecular complexity index is 698. The molecule has 1 aliphatic heterocycles. The molecule has 1 aromatic rings. The van der Waals surface area contributed by atoms with Crippen molar-refractivity contribution in [1.29, 1.82) is 0 Å². The van der Waals surface area contributed by atoms with Crippen molar-refractivity contribution in [2.45, 2.75) is 31.3 Å². The molecule has 1 aromatic carbocycles. The Balaban J connectivity index is 2.19. The van der Waals surface area contributed by atoms with Gasteiger partial charge in [-0.15, -0.1) is 6.58 Å². The Kier molecular flexibility index (Phi) is 6.34. The molecule has 24 heavy (non-hydrogen) atoms. The predicted octanol–water partition coefficient (Wildman–Crippen LogP) is 2.40. The van der Waals surface area contributed by atoms with Gasteiger partial charge in [0.2, 0.25) is 15.9 Å². The molecule has 1 amide bonds. The first-order valence-corrected chi connectivity index (χ1v) is 9.90. The van der Waals surface area contributed by atoms with Crippen LogP contribution in [0.4, 0.5) is 0 Å². The summed E-state index contributed by atoms with van der Waals surface area (Å²) < 4.78 is 24.7. The van der Waals surface area contributed by atoms with Crippen LogP contribution in [0.5, 0.6) is 0 Å². The lowest BCUT2D eigenvalue weighted by Crippen LogP contribution is -2.44. The van der Waals surface area contributed by atoms with E-state index < -0.39 is 10.0 Å². The van der Waals surface area contributed by atoms with E-state index in [0.717, 1.165) is 18.2 Å². The summed E-state index contributed by atoms with van der Waals surface area (Å²) in [5, 5.41) is 0. The zero-order valence-electron chi connectivity index (χ0n) is 13.9. The van der Waals surface area contributed by atoms with Gasteiger partial charge in [0.15, 0.2) is 0 Å². The Morgan fingerprint density at radius 2 is 2.08 bits per heavy atom. The van der Waals surface area contributed by atoms with E-state index >= 15 is 0 Å². The molecule has 0 saturated heterocycles. The maximum Gasteiger partial charge on any atom is 0.224 e. The molecule has 0 fully saturated rings. The highest BCUT2D eigenvalue weighted by molar-refractivity contribution is 7.88. The second-order valence-electron chi connectivity index (χ2n) is 5.92. The maximum atomic E-state index is 12.8. The lowest BCUT2D eigenvalue weighted by atomic mass is 9.94. The van der Waals surface area contributed by atoms with Crippen LogP contribution in [0.15, 0.2) is 55.1 Å². The molecule has 0 spiro atoms. The zero-order chi connectivity index (χ0) is 17.6. The van der Waals surface area contributed by atoms with Crippen LogP contribution in [0, 0.1) is 0 Å². The summed E-state index contributed by atoms with van der Waals surface area (Å²) in [6, 6.07) is 9.77. The highest BCUT2D eigenvalue weighted by atomic mass is 32.2. The molecular weight excluding hydrogens is 324 g/mol. The van der Waals surface area contributed by atoms with Crippen molar-refractivity contribution in [1.82, 2.24) is 9.62 Å². The number of carbonyl (C=O) groups is 1. The fourth-order valence-corrected chi connectivity index (χ4v) is 3.43. The van der Waals surface area contributed by atoms with Gasteiger partial charge in [-0.25, -0.2) is 13.1 Å². The predicted molar refractivity (Wildman–Crippen MR) is 95.9 cm³/mol. The molecule has 0 aliphatic carbocycles. The van der Waals surface area contributed by atoms with Crippen molar-refractivity contribution in [2.75, 3.05) is 12.8 Å². The molecule has 0 radical (unpaired) electrons. The van der Waals surface area contributed by atoms with Crippen molar-refractivity contribution in [3.63, 3.8) is 0 Å². The minimum Gasteiger partial charge on any atom is -0.329 e. The third-order valence-corrected chi connectivity index (χ3v) is 4.72. The normalized spacial score (nSPS) is 20.8. The molecule has 0 bridgehead atoms. The van der Waals surface area contributed by atoms with Gasteiger partial charge in [-0.2, -0.15) is 0 Å². The summed E-state index contributed by atoms with van der Waals surface area (Å²) in [4.78, 5) is 14.6. The molecule has 1 heterocycles. The van der Waals surface area contributed by atoms with Crippen LogP contribution in [0.25, 0.3) is 0 Å². The van der Waals surface area contributed by atoms with E-state index in [1.807, 2.05) is 47.4 Å². The number of amides is 1. The van der Waals surface area contributed by atoms with E-state index in [4.69, 9.17) is 0 Å². The van der Waals surface area contributed by atoms with E-state index in [1.165, 1.54) is 0 Å². The first-order valence-electron chi connectivity index (χ1n) is 8.00. The number of carbonyl (C=O) groups excluding carboxylic acids is 1. The minimum atomic E-state index is -3.29. The maximum absolute atomic E-state index is 12.8. The van der Waals surface area contributed by atoms with Crippen LogP contribution >= 0.6 is 0 Å². The van der Waals surface area contributed by atoms with Gasteiger partial charge >= 0.3 is 0 Å². The highest BCUT2D eigenvalue weighted by Gasteiger charge is 2.31. The lowest BCUT2D eigenvalue weighted by Gasteiger charge is -2.39. The minimum absolute atomic E-state index is 0.0449. The molecule has 2 rings (SSSR count). The van der Waals surface area contributed by atoms with Gasteiger partial charge in [0.1, 0.15) is 0 Å². The molecule has 2 atom stereocenters. The first kappa shape index (κ1) is 18.4. The van der Waals surface area contributed by atoms with E-state index in [0.29, 0.717) is 6.42 Å². The smallest absolute Gasteiger partial charge is 0.224 e. The number of sulfonamides is 1. The fraction of sp³-hybridized carbons (Fsp3) is 0.389. The Hall–Kier alpha value is -1.92. The standard InChI is InChI=1S/C18H24N2O3S/c1-3-8-16-11-7-12-17(15-9-5-4-6-10-15)20(16)18(21)13-14-19-24(2,22)23/h3-7,9-10,12,16-17,19H,1,8,11,13-14H2,2H3/t16-,17+/m1/s1. The molecule has 5 nitrogen and oxygen atoms in total. The Labute approximate surface area is 144 Å². The second-order valence-corrected chi connectivity index (χ2v) is 7.75. The third-order valence-electron chi connectivity index (χ3n) is 3.99. The van der Waals surface area contributed by atoms with Crippen LogP contribution in [0.3, 0.4) is 0 Å². The molecule has 1 aliphatic rings. The molecule has 130 valence electrons. The van der Waals surface area contributed by atoms with Crippen molar-refractivity contribution >= 4 is 15.9 Å². The fourth-order valence-electron chi connectivity index (χ4n) is 2.95. The number of hydrogen-bond donors (Lipinski definition) is 1. The second kappa shape index (κ2) is 8.26. The van der Waals surface area contributed by atoms with Gasteiger partial charge in [-0.3, -0.25) is 4.79 Å². The van der Waals surface area contributed by atoms with Crippen molar-refractivity contribution in [3.05, 3.63) is 60.7 Å². The summed E-state index contributed by atoms with van der Waals surface area (Å²) in [7, 11) is -3.29. The van der Waals surface area contributed by atoms with Crippen LogP contribution in [0.1, 0.15) is 30.9 Å². The summed E-state index contributed by atoms with van der Waals surface area (Å²) >= 11 is 0. The average molecular weight is 348 g/mol. The van der Waals surface area contributed by atoms with E-state index in [9.17, 15) is 13.2 Å². The SMILES string of the molecule is C=CC[C@@H]1CC=C[C@@H](c2ccccc2)N1C(=O)CCNS(C)(=O)=O. The quantitative estimate of drug-likeness (QED) is 0.770. The highest BCUT2D eigenvalue weighted by Crippen LogP contribution is 2.31. The van der Waals surface area contributed by atoms with E-state index in [-0.39, 0.29) is 31.0 Å². The molecule has 0 unspecified atom stereocenters. The lowest BCUT2D eigenvalue weighted by molar-refractivity contribution is -0.135. The monoisotopic (exact) mass is 348 g/mol. The first-order chi connectivity index (χ1) is 11.4. The summed E-state index contributed by atoms with van der Waals surface area (Å²) in [6.07, 6.45) is 8.67. The topological polar surface area (TPSA) is 66.5 Å². The Morgan fingerprint density at radius 3 is 2.71 bits per heavy atom. The van der Waals surface area contributed by atoms with E-state index in [1.54, 1.807) is 0 Å². The van der Waals surface area contributed by atoms with Crippen LogP contribution < -0.4 is 4.72 Å². The van der Waals surface area contributed by atoms with Gasteiger partial charge < -0.3 is 4.90 Å². The summed E-state index contributed by atoms with van der Waals surface area (Å²) in [5.41, 5.74) is 1.05. The van der Waals surface area contributed by atoms with Gasteiger partial charge in [-0.1, -0.05) is 48.6 Å². The summed E-state index contributed by atoms with van der Waals surface area (Å²) in [6.45, 7) is 3.90. The van der Waals surface area contributed by atoms with Crippen LogP contribution in [0.2, 0.25) is 0 Å². The number of nitrogens with one attached hydrogen (secondary N) is 1. The van der Waals surface area contributed by atoms with Crippen molar-refractivity contribution in [3.8, 4) is 0 Å². The number of benzene rings is 1.